The van der Waals surface area contributed by atoms with E-state index < -0.39 is 5.97 Å². The number of rotatable bonds is 8. The van der Waals surface area contributed by atoms with Gasteiger partial charge in [-0.05, 0) is 62.2 Å². The van der Waals surface area contributed by atoms with Crippen LogP contribution in [0.15, 0.2) is 60.8 Å². The summed E-state index contributed by atoms with van der Waals surface area (Å²) in [5.41, 5.74) is 8.36. The molecule has 6 nitrogen and oxygen atoms in total. The molecule has 1 atom stereocenters. The van der Waals surface area contributed by atoms with Crippen LogP contribution < -0.4 is 15.8 Å². The van der Waals surface area contributed by atoms with Crippen LogP contribution in [0.3, 0.4) is 0 Å². The maximum absolute atomic E-state index is 10.1. The van der Waals surface area contributed by atoms with Crippen molar-refractivity contribution in [1.29, 1.82) is 0 Å². The minimum absolute atomic E-state index is 0.362. The van der Waals surface area contributed by atoms with Gasteiger partial charge in [0.2, 0.25) is 0 Å². The molecule has 4 N–H and O–H groups in total. The molecule has 0 spiro atoms. The zero-order valence-electron chi connectivity index (χ0n) is 17.7. The number of carbonyl (C=O) groups is 1. The largest absolute Gasteiger partial charge is 0.497 e. The summed E-state index contributed by atoms with van der Waals surface area (Å²) in [4.78, 5) is 14.6. The molecule has 2 aromatic carbocycles. The number of fused-ring (bicyclic) bond motifs is 1. The molecule has 0 amide bonds. The Labute approximate surface area is 187 Å². The minimum Gasteiger partial charge on any atom is -0.497 e. The lowest BCUT2D eigenvalue weighted by molar-refractivity contribution is -0.131. The van der Waals surface area contributed by atoms with Crippen LogP contribution in [0.4, 0.5) is 5.69 Å². The van der Waals surface area contributed by atoms with Crippen LogP contribution in [0, 0.1) is 0 Å². The molecule has 3 aromatic rings. The highest BCUT2D eigenvalue weighted by Crippen LogP contribution is 2.28. The van der Waals surface area contributed by atoms with Crippen LogP contribution in [0.5, 0.6) is 5.75 Å². The predicted molar refractivity (Wildman–Crippen MR) is 128 cm³/mol. The number of hydrogen-bond acceptors (Lipinski definition) is 5. The van der Waals surface area contributed by atoms with Gasteiger partial charge in [-0.15, -0.1) is 0 Å². The van der Waals surface area contributed by atoms with Crippen molar-refractivity contribution in [2.45, 2.75) is 25.8 Å². The van der Waals surface area contributed by atoms with Gasteiger partial charge in [-0.2, -0.15) is 0 Å². The molecule has 1 aromatic heterocycles. The predicted octanol–water partition coefficient (Wildman–Crippen LogP) is 5.22. The fourth-order valence-corrected chi connectivity index (χ4v) is 3.02. The lowest BCUT2D eigenvalue weighted by Gasteiger charge is -2.17. The second kappa shape index (κ2) is 12.6. The molecular weight excluding hydrogens is 414 g/mol. The first kappa shape index (κ1) is 24.2. The number of aliphatic carboxylic acids is 1. The number of pyridine rings is 1. The van der Waals surface area contributed by atoms with Gasteiger partial charge in [0.05, 0.1) is 18.3 Å². The van der Waals surface area contributed by atoms with Crippen molar-refractivity contribution in [3.8, 4) is 5.75 Å². The second-order valence-corrected chi connectivity index (χ2v) is 7.39. The van der Waals surface area contributed by atoms with Crippen LogP contribution >= 0.6 is 11.6 Å². The lowest BCUT2D eigenvalue weighted by Crippen LogP contribution is -2.17. The number of anilines is 1. The van der Waals surface area contributed by atoms with E-state index in [0.717, 1.165) is 53.4 Å². The van der Waals surface area contributed by atoms with Gasteiger partial charge < -0.3 is 20.9 Å². The lowest BCUT2D eigenvalue weighted by atomic mass is 10.1. The van der Waals surface area contributed by atoms with E-state index in [4.69, 9.17) is 27.2 Å². The third-order valence-corrected chi connectivity index (χ3v) is 4.70. The molecule has 0 saturated heterocycles. The Balaban J connectivity index is 0.000000245. The average molecular weight is 442 g/mol. The summed E-state index contributed by atoms with van der Waals surface area (Å²) < 4.78 is 5.34. The molecule has 7 heteroatoms. The molecule has 1 heterocycles. The smallest absolute Gasteiger partial charge is 0.328 e. The van der Waals surface area contributed by atoms with Gasteiger partial charge >= 0.3 is 5.97 Å². The van der Waals surface area contributed by atoms with Gasteiger partial charge in [0.25, 0.3) is 0 Å². The maximum Gasteiger partial charge on any atom is 0.328 e. The third kappa shape index (κ3) is 8.28. The molecular formula is C24H28ClN3O3. The number of nitrogens with zero attached hydrogens (tertiary/aromatic N) is 1. The molecule has 0 saturated carbocycles. The fourth-order valence-electron chi connectivity index (χ4n) is 2.90. The normalized spacial score (nSPS) is 11.6. The Bertz CT molecular complexity index is 1010. The zero-order chi connectivity index (χ0) is 22.6. The summed E-state index contributed by atoms with van der Waals surface area (Å²) in [6.07, 6.45) is 6.47. The Morgan fingerprint density at radius 3 is 2.68 bits per heavy atom. The van der Waals surface area contributed by atoms with Crippen molar-refractivity contribution in [1.82, 2.24) is 4.98 Å². The molecule has 0 radical (unpaired) electrons. The van der Waals surface area contributed by atoms with Crippen molar-refractivity contribution >= 4 is 40.2 Å². The standard InChI is InChI=1S/C15H21N3O.C9H7ClO2/c1-11(5-3-7-16)18-14-10-13(19-2)9-12-6-4-8-17-15(12)14;10-8-4-1-7(2-5-8)3-6-9(11)12/h4,6,8-11,18H,3,5,7,16H2,1-2H3;1-6H,(H,11,12)/b;6-3+. The van der Waals surface area contributed by atoms with Crippen molar-refractivity contribution in [3.63, 3.8) is 0 Å². The minimum atomic E-state index is -0.954. The Morgan fingerprint density at radius 2 is 2.03 bits per heavy atom. The van der Waals surface area contributed by atoms with Gasteiger partial charge in [-0.3, -0.25) is 4.98 Å². The van der Waals surface area contributed by atoms with Crippen molar-refractivity contribution in [2.24, 2.45) is 5.73 Å². The maximum atomic E-state index is 10.1. The molecule has 0 fully saturated rings. The fraction of sp³-hybridized carbons (Fsp3) is 0.250. The van der Waals surface area contributed by atoms with E-state index >= 15 is 0 Å². The van der Waals surface area contributed by atoms with Crippen LogP contribution in [0.1, 0.15) is 25.3 Å². The highest BCUT2D eigenvalue weighted by Gasteiger charge is 2.08. The quantitative estimate of drug-likeness (QED) is 0.414. The van der Waals surface area contributed by atoms with Crippen LogP contribution in [0.25, 0.3) is 17.0 Å². The summed E-state index contributed by atoms with van der Waals surface area (Å²) in [6.45, 7) is 2.88. The van der Waals surface area contributed by atoms with Crippen LogP contribution in [-0.4, -0.2) is 35.8 Å². The average Bonchev–Trinajstić information content (AvgIpc) is 2.77. The van der Waals surface area contributed by atoms with E-state index in [2.05, 4.69) is 17.2 Å². The highest BCUT2D eigenvalue weighted by atomic mass is 35.5. The van der Waals surface area contributed by atoms with Crippen LogP contribution in [-0.2, 0) is 4.79 Å². The molecule has 31 heavy (non-hydrogen) atoms. The number of nitrogens with two attached hydrogens (primary N) is 1. The van der Waals surface area contributed by atoms with Gasteiger partial charge in [-0.1, -0.05) is 29.8 Å². The number of benzene rings is 2. The Hall–Kier alpha value is -3.09. The van der Waals surface area contributed by atoms with Gasteiger partial charge in [0, 0.05) is 34.8 Å². The van der Waals surface area contributed by atoms with E-state index in [0.29, 0.717) is 11.1 Å². The number of methoxy groups -OCH3 is 1. The molecule has 164 valence electrons. The summed E-state index contributed by atoms with van der Waals surface area (Å²) in [5.74, 6) is -0.112. The number of carboxylic acids is 1. The summed E-state index contributed by atoms with van der Waals surface area (Å²) >= 11 is 5.63. The van der Waals surface area contributed by atoms with Crippen molar-refractivity contribution in [2.75, 3.05) is 19.0 Å². The first-order chi connectivity index (χ1) is 14.9. The SMILES string of the molecule is COc1cc(NC(C)CCCN)c2ncccc2c1.O=C(O)/C=C/c1ccc(Cl)cc1. The monoisotopic (exact) mass is 441 g/mol. The Morgan fingerprint density at radius 1 is 1.29 bits per heavy atom. The molecule has 0 aliphatic carbocycles. The number of aromatic nitrogens is 1. The molecule has 0 bridgehead atoms. The van der Waals surface area contributed by atoms with Crippen LogP contribution in [0.2, 0.25) is 5.02 Å². The number of nitrogens with one attached hydrogen (secondary N) is 1. The molecule has 0 aliphatic heterocycles. The van der Waals surface area contributed by atoms with E-state index in [1.807, 2.05) is 30.5 Å². The van der Waals surface area contributed by atoms with E-state index in [9.17, 15) is 4.79 Å². The highest BCUT2D eigenvalue weighted by molar-refractivity contribution is 6.30. The van der Waals surface area contributed by atoms with E-state index in [1.54, 1.807) is 31.4 Å². The van der Waals surface area contributed by atoms with Crippen molar-refractivity contribution in [3.05, 3.63) is 71.4 Å². The van der Waals surface area contributed by atoms with Gasteiger partial charge in [0.15, 0.2) is 0 Å². The number of halogens is 1. The topological polar surface area (TPSA) is 97.5 Å². The zero-order valence-corrected chi connectivity index (χ0v) is 18.5. The first-order valence-electron chi connectivity index (χ1n) is 9.99. The van der Waals surface area contributed by atoms with E-state index in [-0.39, 0.29) is 0 Å². The molecule has 0 aliphatic rings. The van der Waals surface area contributed by atoms with E-state index in [1.165, 1.54) is 6.08 Å². The summed E-state index contributed by atoms with van der Waals surface area (Å²) in [6, 6.07) is 15.3. The number of ether oxygens (including phenoxy) is 1. The summed E-state index contributed by atoms with van der Waals surface area (Å²) in [7, 11) is 1.68. The molecule has 1 unspecified atom stereocenters. The number of carboxylic acid groups (broad SMARTS) is 1. The Kier molecular flexibility index (Phi) is 9.81. The third-order valence-electron chi connectivity index (χ3n) is 4.45. The van der Waals surface area contributed by atoms with Crippen molar-refractivity contribution < 1.29 is 14.6 Å². The van der Waals surface area contributed by atoms with Gasteiger partial charge in [0.1, 0.15) is 5.75 Å². The second-order valence-electron chi connectivity index (χ2n) is 6.95. The number of hydrogen-bond donors (Lipinski definition) is 3. The molecule has 3 rings (SSSR count). The van der Waals surface area contributed by atoms with Gasteiger partial charge in [-0.25, -0.2) is 4.79 Å². The summed E-state index contributed by atoms with van der Waals surface area (Å²) in [5, 5.41) is 13.5. The first-order valence-corrected chi connectivity index (χ1v) is 10.4.